The molecule has 5 nitrogen and oxygen atoms in total. The number of nitrogens with one attached hydrogen (secondary N) is 1. The molecule has 0 fully saturated rings. The molecule has 1 aliphatic carbocycles. The van der Waals surface area contributed by atoms with Gasteiger partial charge in [0.1, 0.15) is 10.6 Å². The first kappa shape index (κ1) is 17.2. The van der Waals surface area contributed by atoms with E-state index in [1.54, 1.807) is 12.1 Å². The third kappa shape index (κ3) is 3.42. The standard InChI is InChI=1S/C17H22N2O3S2/c1-11(2)12-8-9-14(22-3)16(10-12)24(20,21)19-17-18-13-6-4-5-7-15(13)23-17/h8-11H,4-7H2,1-3H3,(H,18,19). The first-order chi connectivity index (χ1) is 11.4. The predicted octanol–water partition coefficient (Wildman–Crippen LogP) is 3.95. The number of benzene rings is 1. The van der Waals surface area contributed by atoms with E-state index in [-0.39, 0.29) is 10.8 Å². The Morgan fingerprint density at radius 3 is 2.67 bits per heavy atom. The summed E-state index contributed by atoms with van der Waals surface area (Å²) in [6.45, 7) is 4.06. The van der Waals surface area contributed by atoms with Crippen molar-refractivity contribution in [1.29, 1.82) is 0 Å². The molecule has 3 rings (SSSR count). The van der Waals surface area contributed by atoms with Crippen LogP contribution in [0.1, 0.15) is 48.7 Å². The van der Waals surface area contributed by atoms with Crippen LogP contribution in [0.3, 0.4) is 0 Å². The lowest BCUT2D eigenvalue weighted by Gasteiger charge is -2.13. The summed E-state index contributed by atoms with van der Waals surface area (Å²) in [5.41, 5.74) is 1.99. The monoisotopic (exact) mass is 366 g/mol. The minimum absolute atomic E-state index is 0.157. The van der Waals surface area contributed by atoms with Gasteiger partial charge in [0, 0.05) is 4.88 Å². The second kappa shape index (κ2) is 6.72. The Hall–Kier alpha value is -1.60. The van der Waals surface area contributed by atoms with Gasteiger partial charge in [-0.05, 0) is 49.3 Å². The van der Waals surface area contributed by atoms with Crippen LogP contribution in [0.15, 0.2) is 23.1 Å². The summed E-state index contributed by atoms with van der Waals surface area (Å²) in [5, 5.41) is 0.443. The fraction of sp³-hybridized carbons (Fsp3) is 0.471. The maximum Gasteiger partial charge on any atom is 0.267 e. The van der Waals surface area contributed by atoms with Gasteiger partial charge in [-0.3, -0.25) is 4.72 Å². The molecule has 1 aliphatic rings. The second-order valence-corrected chi connectivity index (χ2v) is 9.00. The van der Waals surface area contributed by atoms with Crippen LogP contribution in [0.2, 0.25) is 0 Å². The number of hydrogen-bond donors (Lipinski definition) is 1. The quantitative estimate of drug-likeness (QED) is 0.870. The van der Waals surface area contributed by atoms with Crippen molar-refractivity contribution in [2.45, 2.75) is 50.3 Å². The Balaban J connectivity index is 1.95. The molecule has 24 heavy (non-hydrogen) atoms. The van der Waals surface area contributed by atoms with Crippen molar-refractivity contribution in [2.75, 3.05) is 11.8 Å². The highest BCUT2D eigenvalue weighted by Crippen LogP contribution is 2.33. The van der Waals surface area contributed by atoms with Gasteiger partial charge < -0.3 is 4.74 Å². The second-order valence-electron chi connectivity index (χ2n) is 6.27. The summed E-state index contributed by atoms with van der Waals surface area (Å²) in [4.78, 5) is 5.81. The van der Waals surface area contributed by atoms with E-state index in [9.17, 15) is 8.42 Å². The van der Waals surface area contributed by atoms with Crippen LogP contribution in [0.5, 0.6) is 5.75 Å². The maximum absolute atomic E-state index is 12.8. The summed E-state index contributed by atoms with van der Waals surface area (Å²) >= 11 is 1.44. The van der Waals surface area contributed by atoms with Crippen LogP contribution < -0.4 is 9.46 Å². The van der Waals surface area contributed by atoms with Crippen molar-refractivity contribution in [3.8, 4) is 5.75 Å². The summed E-state index contributed by atoms with van der Waals surface area (Å²) in [6.07, 6.45) is 4.18. The molecule has 1 N–H and O–H groups in total. The highest BCUT2D eigenvalue weighted by molar-refractivity contribution is 7.93. The van der Waals surface area contributed by atoms with Crippen molar-refractivity contribution >= 4 is 26.5 Å². The van der Waals surface area contributed by atoms with Gasteiger partial charge in [0.25, 0.3) is 10.0 Å². The Morgan fingerprint density at radius 2 is 2.00 bits per heavy atom. The number of fused-ring (bicyclic) bond motifs is 1. The number of rotatable bonds is 5. The van der Waals surface area contributed by atoms with Crippen LogP contribution in [-0.4, -0.2) is 20.5 Å². The van der Waals surface area contributed by atoms with E-state index in [0.29, 0.717) is 10.9 Å². The zero-order valence-electron chi connectivity index (χ0n) is 14.1. The lowest BCUT2D eigenvalue weighted by molar-refractivity contribution is 0.402. The van der Waals surface area contributed by atoms with Crippen LogP contribution in [0, 0.1) is 0 Å². The number of anilines is 1. The molecule has 2 aromatic rings. The molecule has 1 heterocycles. The van der Waals surface area contributed by atoms with Crippen molar-refractivity contribution in [3.05, 3.63) is 34.3 Å². The highest BCUT2D eigenvalue weighted by Gasteiger charge is 2.24. The maximum atomic E-state index is 12.8. The molecule has 1 aromatic carbocycles. The highest BCUT2D eigenvalue weighted by atomic mass is 32.2. The number of ether oxygens (including phenoxy) is 1. The van der Waals surface area contributed by atoms with Gasteiger partial charge >= 0.3 is 0 Å². The molecular weight excluding hydrogens is 344 g/mol. The third-order valence-electron chi connectivity index (χ3n) is 4.21. The molecule has 0 atom stereocenters. The van der Waals surface area contributed by atoms with Gasteiger partial charge in [0.15, 0.2) is 5.13 Å². The molecular formula is C17H22N2O3S2. The number of aryl methyl sites for hydroxylation is 2. The van der Waals surface area contributed by atoms with Gasteiger partial charge in [-0.2, -0.15) is 0 Å². The molecule has 0 aliphatic heterocycles. The van der Waals surface area contributed by atoms with Gasteiger partial charge in [-0.1, -0.05) is 19.9 Å². The molecule has 0 amide bonds. The van der Waals surface area contributed by atoms with Crippen LogP contribution in [0.4, 0.5) is 5.13 Å². The van der Waals surface area contributed by atoms with E-state index in [2.05, 4.69) is 9.71 Å². The molecule has 7 heteroatoms. The lowest BCUT2D eigenvalue weighted by Crippen LogP contribution is -2.14. The molecule has 0 spiro atoms. The van der Waals surface area contributed by atoms with E-state index in [4.69, 9.17) is 4.74 Å². The Kier molecular flexibility index (Phi) is 4.83. The smallest absolute Gasteiger partial charge is 0.267 e. The van der Waals surface area contributed by atoms with E-state index in [0.717, 1.165) is 36.9 Å². The number of thiazole rings is 1. The average Bonchev–Trinajstić information content (AvgIpc) is 2.95. The Morgan fingerprint density at radius 1 is 1.25 bits per heavy atom. The molecule has 0 saturated heterocycles. The first-order valence-electron chi connectivity index (χ1n) is 8.10. The van der Waals surface area contributed by atoms with Crippen LogP contribution in [-0.2, 0) is 22.9 Å². The lowest BCUT2D eigenvalue weighted by atomic mass is 10.0. The predicted molar refractivity (Wildman–Crippen MR) is 96.6 cm³/mol. The summed E-state index contributed by atoms with van der Waals surface area (Å²) in [5.74, 6) is 0.574. The number of methoxy groups -OCH3 is 1. The number of nitrogens with zero attached hydrogens (tertiary/aromatic N) is 1. The fourth-order valence-corrected chi connectivity index (χ4v) is 5.32. The normalized spacial score (nSPS) is 14.5. The van der Waals surface area contributed by atoms with Crippen molar-refractivity contribution in [1.82, 2.24) is 4.98 Å². The summed E-state index contributed by atoms with van der Waals surface area (Å²) in [7, 11) is -2.26. The van der Waals surface area contributed by atoms with Gasteiger partial charge in [0.05, 0.1) is 12.8 Å². The number of aromatic nitrogens is 1. The van der Waals surface area contributed by atoms with Crippen molar-refractivity contribution < 1.29 is 13.2 Å². The Labute approximate surface area is 147 Å². The van der Waals surface area contributed by atoms with E-state index >= 15 is 0 Å². The van der Waals surface area contributed by atoms with E-state index in [1.807, 2.05) is 19.9 Å². The minimum Gasteiger partial charge on any atom is -0.495 e. The van der Waals surface area contributed by atoms with Gasteiger partial charge in [-0.15, -0.1) is 11.3 Å². The number of sulfonamides is 1. The molecule has 130 valence electrons. The SMILES string of the molecule is COc1ccc(C(C)C)cc1S(=O)(=O)Nc1nc2c(s1)CCCC2. The third-order valence-corrected chi connectivity index (χ3v) is 6.77. The average molecular weight is 367 g/mol. The van der Waals surface area contributed by atoms with Crippen LogP contribution in [0.25, 0.3) is 0 Å². The zero-order chi connectivity index (χ0) is 17.3. The first-order valence-corrected chi connectivity index (χ1v) is 10.4. The van der Waals surface area contributed by atoms with E-state index < -0.39 is 10.0 Å². The molecule has 0 bridgehead atoms. The van der Waals surface area contributed by atoms with E-state index in [1.165, 1.54) is 23.3 Å². The van der Waals surface area contributed by atoms with Gasteiger partial charge in [-0.25, -0.2) is 13.4 Å². The molecule has 0 radical (unpaired) electrons. The van der Waals surface area contributed by atoms with Gasteiger partial charge in [0.2, 0.25) is 0 Å². The molecule has 1 aromatic heterocycles. The number of hydrogen-bond acceptors (Lipinski definition) is 5. The fourth-order valence-electron chi connectivity index (χ4n) is 2.83. The summed E-state index contributed by atoms with van der Waals surface area (Å²) in [6, 6.07) is 5.28. The minimum atomic E-state index is -3.74. The molecule has 0 saturated carbocycles. The van der Waals surface area contributed by atoms with Crippen molar-refractivity contribution in [2.24, 2.45) is 0 Å². The summed E-state index contributed by atoms with van der Waals surface area (Å²) < 4.78 is 33.6. The molecule has 0 unspecified atom stereocenters. The van der Waals surface area contributed by atoms with Crippen molar-refractivity contribution in [3.63, 3.8) is 0 Å². The Bertz CT molecular complexity index is 818. The van der Waals surface area contributed by atoms with Crippen LogP contribution >= 0.6 is 11.3 Å². The largest absolute Gasteiger partial charge is 0.495 e. The topological polar surface area (TPSA) is 68.3 Å². The zero-order valence-corrected chi connectivity index (χ0v) is 15.8.